The Morgan fingerprint density at radius 1 is 1.36 bits per heavy atom. The molecule has 0 aliphatic carbocycles. The molecule has 3 aromatic heterocycles. The molecule has 5 N–H and O–H groups in total. The van der Waals surface area contributed by atoms with Gasteiger partial charge in [-0.05, 0) is 25.1 Å². The fourth-order valence-electron chi connectivity index (χ4n) is 4.75. The van der Waals surface area contributed by atoms with Crippen LogP contribution in [0.3, 0.4) is 0 Å². The summed E-state index contributed by atoms with van der Waals surface area (Å²) in [5.74, 6) is 7.52. The largest absolute Gasteiger partial charge is 0.395 e. The molecule has 5 atom stereocenters. The number of aryl methyl sites for hydroxylation is 2. The van der Waals surface area contributed by atoms with Crippen LogP contribution < -0.4 is 11.6 Å². The molecule has 2 saturated heterocycles. The third-order valence-electron chi connectivity index (χ3n) is 6.56. The number of nitrogens with zero attached hydrogens (tertiary/aromatic N) is 7. The number of imidazole rings is 1. The Labute approximate surface area is 214 Å². The van der Waals surface area contributed by atoms with Crippen LogP contribution in [0, 0.1) is 6.92 Å². The zero-order chi connectivity index (χ0) is 25.1. The molecule has 0 radical (unpaired) electrons. The van der Waals surface area contributed by atoms with Crippen LogP contribution >= 0.6 is 22.9 Å². The normalized spacial score (nSPS) is 26.1. The SMILES string of the molecule is Cc1nnc(C2OC3COC3C(N(N)/C=C(\N)c3nc(Cl)cs3)C2O)n1-c1ccc2ncn(C)c2c1. The first-order chi connectivity index (χ1) is 17.3. The first-order valence-corrected chi connectivity index (χ1v) is 12.5. The average Bonchev–Trinajstić information content (AvgIpc) is 3.54. The zero-order valence-corrected chi connectivity index (χ0v) is 21.0. The summed E-state index contributed by atoms with van der Waals surface area (Å²) >= 11 is 7.23. The molecule has 36 heavy (non-hydrogen) atoms. The van der Waals surface area contributed by atoms with E-state index in [1.807, 2.05) is 41.3 Å². The quantitative estimate of drug-likeness (QED) is 0.254. The van der Waals surface area contributed by atoms with Crippen molar-refractivity contribution < 1.29 is 14.6 Å². The molecule has 0 saturated carbocycles. The maximum absolute atomic E-state index is 11.5. The molecule has 2 aliphatic heterocycles. The second-order valence-electron chi connectivity index (χ2n) is 8.85. The van der Waals surface area contributed by atoms with Crippen LogP contribution in [0.2, 0.25) is 5.15 Å². The highest BCUT2D eigenvalue weighted by Crippen LogP contribution is 2.40. The van der Waals surface area contributed by atoms with E-state index in [-0.39, 0.29) is 6.10 Å². The molecule has 5 heterocycles. The summed E-state index contributed by atoms with van der Waals surface area (Å²) in [6.45, 7) is 2.23. The Balaban J connectivity index is 1.35. The lowest BCUT2D eigenvalue weighted by Crippen LogP contribution is -2.68. The van der Waals surface area contributed by atoms with Crippen LogP contribution in [-0.4, -0.2) is 70.4 Å². The van der Waals surface area contributed by atoms with E-state index in [0.29, 0.717) is 34.1 Å². The maximum Gasteiger partial charge on any atom is 0.169 e. The van der Waals surface area contributed by atoms with E-state index in [4.69, 9.17) is 32.7 Å². The summed E-state index contributed by atoms with van der Waals surface area (Å²) in [5, 5.41) is 24.1. The highest BCUT2D eigenvalue weighted by Gasteiger charge is 2.54. The smallest absolute Gasteiger partial charge is 0.169 e. The van der Waals surface area contributed by atoms with Crippen molar-refractivity contribution >= 4 is 39.7 Å². The van der Waals surface area contributed by atoms with Gasteiger partial charge < -0.3 is 29.9 Å². The fraction of sp³-hybridized carbons (Fsp3) is 0.364. The van der Waals surface area contributed by atoms with Crippen molar-refractivity contribution in [2.75, 3.05) is 6.61 Å². The van der Waals surface area contributed by atoms with Gasteiger partial charge >= 0.3 is 0 Å². The molecule has 188 valence electrons. The number of ether oxygens (including phenoxy) is 2. The van der Waals surface area contributed by atoms with Gasteiger partial charge in [-0.15, -0.1) is 21.5 Å². The predicted molar refractivity (Wildman–Crippen MR) is 133 cm³/mol. The Hall–Kier alpha value is -3.07. The van der Waals surface area contributed by atoms with E-state index < -0.39 is 24.4 Å². The third kappa shape index (κ3) is 3.75. The van der Waals surface area contributed by atoms with Gasteiger partial charge in [0.2, 0.25) is 0 Å². The van der Waals surface area contributed by atoms with Crippen LogP contribution in [0.15, 0.2) is 36.1 Å². The van der Waals surface area contributed by atoms with Crippen LogP contribution in [-0.2, 0) is 16.5 Å². The van der Waals surface area contributed by atoms with Crippen LogP contribution in [0.5, 0.6) is 0 Å². The molecule has 0 amide bonds. The summed E-state index contributed by atoms with van der Waals surface area (Å²) in [5.41, 5.74) is 9.19. The van der Waals surface area contributed by atoms with Gasteiger partial charge in [-0.1, -0.05) is 11.6 Å². The minimum atomic E-state index is -1.09. The Morgan fingerprint density at radius 3 is 2.92 bits per heavy atom. The molecule has 0 spiro atoms. The number of nitrogens with two attached hydrogens (primary N) is 2. The number of aliphatic hydroxyl groups is 1. The summed E-state index contributed by atoms with van der Waals surface area (Å²) in [6, 6.07) is 5.23. The topological polar surface area (TPSA) is 155 Å². The van der Waals surface area contributed by atoms with Crippen molar-refractivity contribution in [3.05, 3.63) is 57.9 Å². The average molecular weight is 530 g/mol. The minimum absolute atomic E-state index is 0.275. The van der Waals surface area contributed by atoms with E-state index in [2.05, 4.69) is 20.2 Å². The fourth-order valence-corrected chi connectivity index (χ4v) is 5.62. The molecule has 12 nitrogen and oxygen atoms in total. The number of rotatable bonds is 5. The van der Waals surface area contributed by atoms with Gasteiger partial charge in [0.05, 0.1) is 35.4 Å². The second-order valence-corrected chi connectivity index (χ2v) is 10.1. The number of hydrogen-bond acceptors (Lipinski definition) is 11. The number of benzene rings is 1. The predicted octanol–water partition coefficient (Wildman–Crippen LogP) is 1.27. The lowest BCUT2D eigenvalue weighted by Gasteiger charge is -2.52. The first-order valence-electron chi connectivity index (χ1n) is 11.2. The number of aliphatic hydroxyl groups excluding tert-OH is 1. The minimum Gasteiger partial charge on any atom is -0.395 e. The molecule has 4 aromatic rings. The second kappa shape index (κ2) is 8.80. The van der Waals surface area contributed by atoms with Gasteiger partial charge in [0.1, 0.15) is 46.4 Å². The van der Waals surface area contributed by atoms with Crippen molar-refractivity contribution in [1.29, 1.82) is 0 Å². The van der Waals surface area contributed by atoms with Gasteiger partial charge in [-0.2, -0.15) is 0 Å². The highest BCUT2D eigenvalue weighted by atomic mass is 35.5. The summed E-state index contributed by atoms with van der Waals surface area (Å²) in [6.07, 6.45) is 0.674. The van der Waals surface area contributed by atoms with E-state index in [0.717, 1.165) is 16.7 Å². The van der Waals surface area contributed by atoms with Crippen molar-refractivity contribution in [2.45, 2.75) is 37.4 Å². The van der Waals surface area contributed by atoms with Crippen LogP contribution in [0.4, 0.5) is 0 Å². The van der Waals surface area contributed by atoms with E-state index in [1.165, 1.54) is 22.5 Å². The van der Waals surface area contributed by atoms with Gasteiger partial charge in [0, 0.05) is 18.6 Å². The summed E-state index contributed by atoms with van der Waals surface area (Å²) in [4.78, 5) is 8.56. The maximum atomic E-state index is 11.5. The number of hydrogen-bond donors (Lipinski definition) is 3. The van der Waals surface area contributed by atoms with E-state index >= 15 is 0 Å². The monoisotopic (exact) mass is 529 g/mol. The van der Waals surface area contributed by atoms with Crippen LogP contribution in [0.25, 0.3) is 22.4 Å². The Kier molecular flexibility index (Phi) is 5.70. The molecular formula is C22H24ClN9O3S. The zero-order valence-electron chi connectivity index (χ0n) is 19.4. The summed E-state index contributed by atoms with van der Waals surface area (Å²) in [7, 11) is 1.93. The lowest BCUT2D eigenvalue weighted by atomic mass is 9.88. The van der Waals surface area contributed by atoms with E-state index in [1.54, 1.807) is 11.7 Å². The van der Waals surface area contributed by atoms with Gasteiger partial charge in [-0.25, -0.2) is 15.8 Å². The van der Waals surface area contributed by atoms with Gasteiger partial charge in [0.25, 0.3) is 0 Å². The molecule has 14 heteroatoms. The Bertz CT molecular complexity index is 1470. The Morgan fingerprint density at radius 2 is 2.19 bits per heavy atom. The molecule has 2 aliphatic rings. The molecule has 0 bridgehead atoms. The van der Waals surface area contributed by atoms with Crippen molar-refractivity contribution in [3.8, 4) is 5.69 Å². The first kappa shape index (κ1) is 23.3. The molecular weight excluding hydrogens is 506 g/mol. The molecule has 5 unspecified atom stereocenters. The number of hydrazine groups is 1. The number of aromatic nitrogens is 6. The number of halogens is 1. The van der Waals surface area contributed by atoms with Crippen LogP contribution in [0.1, 0.15) is 22.8 Å². The van der Waals surface area contributed by atoms with E-state index in [9.17, 15) is 5.11 Å². The van der Waals surface area contributed by atoms with Gasteiger partial charge in [-0.3, -0.25) is 4.57 Å². The molecule has 1 aromatic carbocycles. The summed E-state index contributed by atoms with van der Waals surface area (Å²) < 4.78 is 15.8. The highest BCUT2D eigenvalue weighted by molar-refractivity contribution is 7.11. The van der Waals surface area contributed by atoms with Crippen molar-refractivity contribution in [3.63, 3.8) is 0 Å². The van der Waals surface area contributed by atoms with Crippen molar-refractivity contribution in [2.24, 2.45) is 18.6 Å². The standard InChI is InChI=1S/C22H24ClN9O3S/c1-10-28-29-21(32(10)11-3-4-13-14(5-11)30(2)9-26-13)20-18(33)17(19-15(35-20)7-34-19)31(25)6-12(24)22-27-16(23)8-36-22/h3-6,8-9,15,17-20,33H,7,24-25H2,1-2H3/b12-6-. The molecule has 2 fully saturated rings. The number of thiazole rings is 1. The van der Waals surface area contributed by atoms with Crippen molar-refractivity contribution in [1.82, 2.24) is 34.3 Å². The third-order valence-corrected chi connectivity index (χ3v) is 7.78. The van der Waals surface area contributed by atoms with Gasteiger partial charge in [0.15, 0.2) is 5.82 Å². The number of fused-ring (bicyclic) bond motifs is 2. The lowest BCUT2D eigenvalue weighted by molar-refractivity contribution is -0.290. The molecule has 6 rings (SSSR count).